The maximum Gasteiger partial charge on any atom is 1.00 e. The van der Waals surface area contributed by atoms with Crippen LogP contribution in [0.15, 0.2) is 24.3 Å². The number of carbonyl (C=O) groups excluding carboxylic acids is 1. The molecule has 19 heavy (non-hydrogen) atoms. The first-order chi connectivity index (χ1) is 8.41. The van der Waals surface area contributed by atoms with E-state index >= 15 is 0 Å². The summed E-state index contributed by atoms with van der Waals surface area (Å²) >= 11 is 0. The molecular formula is C15H22LiNO2. The second-order valence-corrected chi connectivity index (χ2v) is 5.32. The number of ether oxygens (including phenoxy) is 1. The predicted octanol–water partition coefficient (Wildman–Crippen LogP) is -0.0285. The molecule has 0 saturated carbocycles. The van der Waals surface area contributed by atoms with Gasteiger partial charge in [-0.15, -0.1) is 30.3 Å². The second-order valence-electron chi connectivity index (χ2n) is 5.32. The second kappa shape index (κ2) is 7.74. The first-order valence-corrected chi connectivity index (χ1v) is 6.22. The number of rotatable bonds is 4. The fraction of sp³-hybridized carbons (Fsp3) is 0.533. The summed E-state index contributed by atoms with van der Waals surface area (Å²) in [5.41, 5.74) is 0.445. The first-order valence-electron chi connectivity index (χ1n) is 6.22. The van der Waals surface area contributed by atoms with Crippen LogP contribution in [0.3, 0.4) is 0 Å². The monoisotopic (exact) mass is 267 g/mol. The SMILES string of the molecule is CCN(C(=O)[14c]1[14c-][14cH][14cH][14cH][14cH]1)C(OC)C(C)(C)C.[Li+]. The summed E-state index contributed by atoms with van der Waals surface area (Å²) in [5, 5.41) is 0. The van der Waals surface area contributed by atoms with Crippen LogP contribution in [-0.4, -0.2) is 30.7 Å². The van der Waals surface area contributed by atoms with Crippen molar-refractivity contribution < 1.29 is 28.4 Å². The minimum Gasteiger partial charge on any atom is -0.362 e. The molecule has 0 aliphatic rings. The smallest absolute Gasteiger partial charge is 0.362 e. The molecule has 100 valence electrons. The number of carbonyl (C=O) groups is 1. The zero-order chi connectivity index (χ0) is 13.8. The van der Waals surface area contributed by atoms with E-state index in [4.69, 9.17) is 4.74 Å². The Morgan fingerprint density at radius 3 is 2.42 bits per heavy atom. The zero-order valence-corrected chi connectivity index (χ0v) is 12.9. The van der Waals surface area contributed by atoms with Crippen molar-refractivity contribution in [3.05, 3.63) is 35.9 Å². The number of benzene rings is 1. The maximum atomic E-state index is 12.4. The average Bonchev–Trinajstić information content (AvgIpc) is 2.34. The van der Waals surface area contributed by atoms with E-state index in [9.17, 15) is 4.79 Å². The fourth-order valence-electron chi connectivity index (χ4n) is 2.05. The number of hydrogen-bond acceptors (Lipinski definition) is 2. The molecule has 4 heteroatoms. The van der Waals surface area contributed by atoms with Crippen molar-refractivity contribution in [2.75, 3.05) is 13.7 Å². The van der Waals surface area contributed by atoms with Crippen LogP contribution in [0, 0.1) is 11.5 Å². The van der Waals surface area contributed by atoms with E-state index in [1.165, 1.54) is 0 Å². The average molecular weight is 267 g/mol. The summed E-state index contributed by atoms with van der Waals surface area (Å²) in [6.07, 6.45) is -0.247. The van der Waals surface area contributed by atoms with Gasteiger partial charge >= 0.3 is 18.9 Å². The quantitative estimate of drug-likeness (QED) is 0.435. The fourth-order valence-corrected chi connectivity index (χ4v) is 2.05. The summed E-state index contributed by atoms with van der Waals surface area (Å²) in [5.74, 6) is -0.0418. The van der Waals surface area contributed by atoms with Gasteiger partial charge in [0, 0.05) is 19.1 Å². The molecular weight excluding hydrogens is 245 g/mol. The van der Waals surface area contributed by atoms with Gasteiger partial charge in [0.25, 0.3) is 0 Å². The molecule has 1 atom stereocenters. The molecule has 3 nitrogen and oxygen atoms in total. The van der Waals surface area contributed by atoms with Gasteiger partial charge in [0.15, 0.2) is 5.91 Å². The van der Waals surface area contributed by atoms with E-state index in [-0.39, 0.29) is 36.4 Å². The molecule has 0 heterocycles. The van der Waals surface area contributed by atoms with Gasteiger partial charge in [0.1, 0.15) is 6.23 Å². The number of methoxy groups -OCH3 is 1. The number of nitrogens with zero attached hydrogens (tertiary/aromatic N) is 1. The molecule has 0 spiro atoms. The molecule has 0 radical (unpaired) electrons. The molecule has 0 fully saturated rings. The number of amides is 1. The van der Waals surface area contributed by atoms with E-state index < -0.39 is 0 Å². The summed E-state index contributed by atoms with van der Waals surface area (Å²) in [4.78, 5) is 14.2. The molecule has 0 aliphatic heterocycles. The largest absolute Gasteiger partial charge is 1.00 e. The van der Waals surface area contributed by atoms with Crippen LogP contribution in [-0.2, 0) is 4.74 Å². The Kier molecular flexibility index (Phi) is 7.44. The minimum atomic E-state index is -0.247. The van der Waals surface area contributed by atoms with Crippen molar-refractivity contribution in [2.45, 2.75) is 33.9 Å². The molecule has 0 bridgehead atoms. The molecule has 1 amide bonds. The number of hydrogen-bond donors (Lipinski definition) is 0. The van der Waals surface area contributed by atoms with Gasteiger partial charge in [-0.1, -0.05) is 26.3 Å². The zero-order valence-electron chi connectivity index (χ0n) is 12.9. The topological polar surface area (TPSA) is 29.5 Å². The Labute approximate surface area is 128 Å². The van der Waals surface area contributed by atoms with Gasteiger partial charge in [-0.05, 0) is 6.92 Å². The van der Waals surface area contributed by atoms with Crippen LogP contribution in [0.4, 0.5) is 0 Å². The van der Waals surface area contributed by atoms with Gasteiger partial charge in [-0.2, -0.15) is 0 Å². The summed E-state index contributed by atoms with van der Waals surface area (Å²) < 4.78 is 5.50. The molecule has 0 aliphatic carbocycles. The van der Waals surface area contributed by atoms with E-state index in [0.29, 0.717) is 12.1 Å². The molecule has 0 saturated heterocycles. The van der Waals surface area contributed by atoms with Crippen molar-refractivity contribution in [3.8, 4) is 0 Å². The van der Waals surface area contributed by atoms with E-state index in [2.05, 4.69) is 26.8 Å². The van der Waals surface area contributed by atoms with Gasteiger partial charge in [-0.3, -0.25) is 0 Å². The van der Waals surface area contributed by atoms with Gasteiger partial charge in [-0.25, -0.2) is 0 Å². The van der Waals surface area contributed by atoms with Gasteiger partial charge in [0.05, 0.1) is 0 Å². The van der Waals surface area contributed by atoms with Crippen molar-refractivity contribution in [1.29, 1.82) is 0 Å². The molecule has 1 aromatic carbocycles. The van der Waals surface area contributed by atoms with Crippen molar-refractivity contribution >= 4 is 5.91 Å². The van der Waals surface area contributed by atoms with E-state index in [1.54, 1.807) is 24.1 Å². The molecule has 1 unspecified atom stereocenters. The van der Waals surface area contributed by atoms with Crippen molar-refractivity contribution in [2.24, 2.45) is 5.41 Å². The van der Waals surface area contributed by atoms with Crippen LogP contribution in [0.1, 0.15) is 38.1 Å². The molecule has 1 rings (SSSR count). The van der Waals surface area contributed by atoms with Crippen molar-refractivity contribution in [3.63, 3.8) is 0 Å². The predicted molar refractivity (Wildman–Crippen MR) is 72.2 cm³/mol. The van der Waals surface area contributed by atoms with Crippen molar-refractivity contribution in [1.82, 2.24) is 4.90 Å². The van der Waals surface area contributed by atoms with Gasteiger partial charge < -0.3 is 14.4 Å². The van der Waals surface area contributed by atoms with Crippen LogP contribution in [0.2, 0.25) is 0 Å². The molecule has 0 N–H and O–H groups in total. The van der Waals surface area contributed by atoms with Crippen LogP contribution >= 0.6 is 0 Å². The summed E-state index contributed by atoms with van der Waals surface area (Å²) in [7, 11) is 1.64. The Hall–Kier alpha value is -0.753. The third kappa shape index (κ3) is 4.69. The van der Waals surface area contributed by atoms with Gasteiger partial charge in [0.2, 0.25) is 0 Å². The third-order valence-corrected chi connectivity index (χ3v) is 2.79. The van der Waals surface area contributed by atoms with Crippen LogP contribution in [0.25, 0.3) is 0 Å². The summed E-state index contributed by atoms with van der Waals surface area (Å²) in [6, 6.07) is 10.2. The van der Waals surface area contributed by atoms with E-state index in [1.807, 2.05) is 19.1 Å². The van der Waals surface area contributed by atoms with E-state index in [0.717, 1.165) is 0 Å². The van der Waals surface area contributed by atoms with Crippen LogP contribution in [0.5, 0.6) is 0 Å². The molecule has 1 aromatic rings. The third-order valence-electron chi connectivity index (χ3n) is 2.79. The minimum absolute atomic E-state index is 0. The Morgan fingerprint density at radius 1 is 1.42 bits per heavy atom. The Bertz CT molecular complexity index is 387. The normalized spacial score (nSPS) is 12.5. The Morgan fingerprint density at radius 2 is 2.05 bits per heavy atom. The molecule has 0 aromatic heterocycles. The maximum absolute atomic E-state index is 12.4. The Balaban J connectivity index is 0.00000324. The van der Waals surface area contributed by atoms with Crippen LogP contribution < -0.4 is 18.9 Å². The standard InChI is InChI=1S/C15H22NO2.Li/c1-6-16(14(18-5)15(2,3)4)13(17)12-10-8-7-9-11-12;/h7-10,14H,6H2,1-5H3;/q-1;+1/i7+2,8+2,9+2,10+2,11+2,12+2;. The first kappa shape index (κ1) is 18.2. The summed E-state index contributed by atoms with van der Waals surface area (Å²) in [6.45, 7) is 8.75.